The third-order valence-electron chi connectivity index (χ3n) is 2.63. The van der Waals surface area contributed by atoms with Gasteiger partial charge in [-0.05, 0) is 24.3 Å². The van der Waals surface area contributed by atoms with Crippen LogP contribution in [0.5, 0.6) is 5.75 Å². The summed E-state index contributed by atoms with van der Waals surface area (Å²) in [5.41, 5.74) is 6.74. The second-order valence-corrected chi connectivity index (χ2v) is 4.71. The van der Waals surface area contributed by atoms with E-state index in [1.807, 2.05) is 6.07 Å². The lowest BCUT2D eigenvalue weighted by molar-refractivity contribution is -0.402. The van der Waals surface area contributed by atoms with Crippen LogP contribution in [0.3, 0.4) is 0 Å². The Morgan fingerprint density at radius 1 is 1.42 bits per heavy atom. The minimum absolute atomic E-state index is 0.308. The summed E-state index contributed by atoms with van der Waals surface area (Å²) >= 11 is 3.34. The summed E-state index contributed by atoms with van der Waals surface area (Å²) in [5, 5.41) is 10.6. The van der Waals surface area contributed by atoms with Gasteiger partial charge in [0, 0.05) is 10.0 Å². The van der Waals surface area contributed by atoms with Crippen LogP contribution >= 0.6 is 15.9 Å². The zero-order valence-electron chi connectivity index (χ0n) is 10.00. The predicted octanol–water partition coefficient (Wildman–Crippen LogP) is 3.01. The molecule has 0 fully saturated rings. The zero-order chi connectivity index (χ0) is 14.0. The third kappa shape index (κ3) is 2.77. The van der Waals surface area contributed by atoms with Gasteiger partial charge in [-0.1, -0.05) is 15.9 Å². The number of halogens is 1. The Hall–Kier alpha value is -1.86. The van der Waals surface area contributed by atoms with E-state index in [4.69, 9.17) is 14.9 Å². The van der Waals surface area contributed by atoms with Gasteiger partial charge >= 0.3 is 5.88 Å². The number of ether oxygens (including phenoxy) is 1. The fraction of sp³-hybridized carbons (Fsp3) is 0.167. The molecule has 2 N–H and O–H groups in total. The van der Waals surface area contributed by atoms with Crippen molar-refractivity contribution in [3.63, 3.8) is 0 Å². The van der Waals surface area contributed by atoms with Gasteiger partial charge in [-0.25, -0.2) is 0 Å². The highest BCUT2D eigenvalue weighted by Crippen LogP contribution is 2.32. The van der Waals surface area contributed by atoms with Crippen molar-refractivity contribution >= 4 is 21.8 Å². The lowest BCUT2D eigenvalue weighted by Crippen LogP contribution is -2.12. The fourth-order valence-corrected chi connectivity index (χ4v) is 2.09. The Labute approximate surface area is 117 Å². The lowest BCUT2D eigenvalue weighted by Gasteiger charge is -2.13. The molecule has 0 bridgehead atoms. The summed E-state index contributed by atoms with van der Waals surface area (Å²) in [5.74, 6) is 0.567. The largest absolute Gasteiger partial charge is 0.496 e. The van der Waals surface area contributed by atoms with Gasteiger partial charge in [0.05, 0.1) is 19.2 Å². The Morgan fingerprint density at radius 2 is 2.16 bits per heavy atom. The smallest absolute Gasteiger partial charge is 0.433 e. The highest BCUT2D eigenvalue weighted by molar-refractivity contribution is 9.10. The molecule has 7 heteroatoms. The van der Waals surface area contributed by atoms with Gasteiger partial charge in [-0.3, -0.25) is 10.1 Å². The Kier molecular flexibility index (Phi) is 3.87. The highest BCUT2D eigenvalue weighted by atomic mass is 79.9. The Bertz CT molecular complexity index is 612. The van der Waals surface area contributed by atoms with E-state index in [0.29, 0.717) is 17.1 Å². The van der Waals surface area contributed by atoms with E-state index in [1.165, 1.54) is 19.2 Å². The Morgan fingerprint density at radius 3 is 2.74 bits per heavy atom. The van der Waals surface area contributed by atoms with Gasteiger partial charge in [0.1, 0.15) is 16.4 Å². The van der Waals surface area contributed by atoms with Crippen molar-refractivity contribution in [2.45, 2.75) is 6.04 Å². The van der Waals surface area contributed by atoms with Crippen molar-refractivity contribution in [2.75, 3.05) is 7.11 Å². The molecule has 0 aliphatic rings. The van der Waals surface area contributed by atoms with Crippen LogP contribution in [0.25, 0.3) is 0 Å². The number of nitrogens with zero attached hydrogens (tertiary/aromatic N) is 1. The van der Waals surface area contributed by atoms with Crippen molar-refractivity contribution in [2.24, 2.45) is 5.73 Å². The number of nitrogens with two attached hydrogens (primary N) is 1. The normalized spacial score (nSPS) is 12.2. The molecular weight excluding hydrogens is 316 g/mol. The van der Waals surface area contributed by atoms with E-state index >= 15 is 0 Å². The second kappa shape index (κ2) is 5.41. The average molecular weight is 327 g/mol. The summed E-state index contributed by atoms with van der Waals surface area (Å²) < 4.78 is 11.2. The molecule has 0 radical (unpaired) electrons. The number of furan rings is 1. The first-order chi connectivity index (χ1) is 9.02. The lowest BCUT2D eigenvalue weighted by atomic mass is 10.0. The van der Waals surface area contributed by atoms with Crippen LogP contribution in [0.1, 0.15) is 17.4 Å². The average Bonchev–Trinajstić information content (AvgIpc) is 2.87. The van der Waals surface area contributed by atoms with Gasteiger partial charge in [-0.15, -0.1) is 0 Å². The van der Waals surface area contributed by atoms with Crippen molar-refractivity contribution in [1.29, 1.82) is 0 Å². The van der Waals surface area contributed by atoms with Gasteiger partial charge in [0.25, 0.3) is 0 Å². The molecule has 0 saturated carbocycles. The first kappa shape index (κ1) is 13.6. The van der Waals surface area contributed by atoms with E-state index in [0.717, 1.165) is 4.47 Å². The quantitative estimate of drug-likeness (QED) is 0.688. The maximum absolute atomic E-state index is 10.6. The van der Waals surface area contributed by atoms with Crippen molar-refractivity contribution in [3.05, 3.63) is 56.2 Å². The maximum atomic E-state index is 10.6. The molecular formula is C12H11BrN2O4. The van der Waals surface area contributed by atoms with E-state index in [9.17, 15) is 10.1 Å². The monoisotopic (exact) mass is 326 g/mol. The number of benzene rings is 1. The van der Waals surface area contributed by atoms with E-state index in [2.05, 4.69) is 15.9 Å². The van der Waals surface area contributed by atoms with Crippen LogP contribution in [0.4, 0.5) is 5.88 Å². The molecule has 1 aromatic carbocycles. The molecule has 100 valence electrons. The van der Waals surface area contributed by atoms with Crippen molar-refractivity contribution < 1.29 is 14.1 Å². The molecule has 1 unspecified atom stereocenters. The first-order valence-electron chi connectivity index (χ1n) is 5.36. The molecule has 0 saturated heterocycles. The van der Waals surface area contributed by atoms with E-state index < -0.39 is 11.0 Å². The van der Waals surface area contributed by atoms with Gasteiger partial charge in [-0.2, -0.15) is 0 Å². The molecule has 1 aromatic heterocycles. The van der Waals surface area contributed by atoms with Crippen molar-refractivity contribution in [3.8, 4) is 5.75 Å². The van der Waals surface area contributed by atoms with Crippen LogP contribution in [-0.2, 0) is 0 Å². The first-order valence-corrected chi connectivity index (χ1v) is 6.15. The molecule has 19 heavy (non-hydrogen) atoms. The molecule has 2 rings (SSSR count). The van der Waals surface area contributed by atoms with E-state index in [1.54, 1.807) is 12.1 Å². The fourth-order valence-electron chi connectivity index (χ4n) is 1.71. The van der Waals surface area contributed by atoms with Crippen LogP contribution in [0, 0.1) is 10.1 Å². The minimum atomic E-state index is -0.638. The minimum Gasteiger partial charge on any atom is -0.496 e. The summed E-state index contributed by atoms with van der Waals surface area (Å²) in [4.78, 5) is 9.99. The molecule has 0 amide bonds. The standard InChI is InChI=1S/C12H11BrN2O4/c1-18-9-3-2-7(13)6-8(9)12(14)10-4-5-11(19-10)15(16)17/h2-6,12H,14H2,1H3. The van der Waals surface area contributed by atoms with Gasteiger partial charge in [0.2, 0.25) is 0 Å². The number of rotatable bonds is 4. The van der Waals surface area contributed by atoms with Crippen LogP contribution in [0.2, 0.25) is 0 Å². The number of methoxy groups -OCH3 is 1. The SMILES string of the molecule is COc1ccc(Br)cc1C(N)c1ccc([N+](=O)[O-])o1. The second-order valence-electron chi connectivity index (χ2n) is 3.80. The number of hydrogen-bond donors (Lipinski definition) is 1. The van der Waals surface area contributed by atoms with Gasteiger partial charge < -0.3 is 14.9 Å². The number of hydrogen-bond acceptors (Lipinski definition) is 5. The summed E-state index contributed by atoms with van der Waals surface area (Å²) in [6.45, 7) is 0. The maximum Gasteiger partial charge on any atom is 0.433 e. The van der Waals surface area contributed by atoms with E-state index in [-0.39, 0.29) is 5.88 Å². The Balaban J connectivity index is 2.39. The third-order valence-corrected chi connectivity index (χ3v) is 3.12. The zero-order valence-corrected chi connectivity index (χ0v) is 11.6. The van der Waals surface area contributed by atoms with Gasteiger partial charge in [0.15, 0.2) is 0 Å². The molecule has 0 aliphatic carbocycles. The van der Waals surface area contributed by atoms with Crippen molar-refractivity contribution in [1.82, 2.24) is 0 Å². The van der Waals surface area contributed by atoms with Crippen LogP contribution in [-0.4, -0.2) is 12.0 Å². The summed E-state index contributed by atoms with van der Waals surface area (Å²) in [6, 6.07) is 7.50. The molecule has 1 atom stereocenters. The number of nitro groups is 1. The molecule has 1 heterocycles. The molecule has 0 spiro atoms. The van der Waals surface area contributed by atoms with Crippen LogP contribution in [0.15, 0.2) is 39.2 Å². The summed E-state index contributed by atoms with van der Waals surface area (Å²) in [7, 11) is 1.53. The summed E-state index contributed by atoms with van der Waals surface area (Å²) in [6.07, 6.45) is 0. The molecule has 0 aliphatic heterocycles. The topological polar surface area (TPSA) is 91.5 Å². The van der Waals surface area contributed by atoms with Crippen LogP contribution < -0.4 is 10.5 Å². The highest BCUT2D eigenvalue weighted by Gasteiger charge is 2.21. The predicted molar refractivity (Wildman–Crippen MR) is 72.1 cm³/mol. The molecule has 2 aromatic rings. The molecule has 6 nitrogen and oxygen atoms in total.